The molecule has 15 rings (SSSR count). The number of nitrogens with zero attached hydrogens (tertiary/aromatic N) is 4. The normalized spacial score (nSPS) is 15.4. The Hall–Kier alpha value is -5.42. The number of rotatable bonds is 47. The molecule has 2 aliphatic heterocycles. The van der Waals surface area contributed by atoms with Crippen molar-refractivity contribution in [2.24, 2.45) is 23.7 Å². The summed E-state index contributed by atoms with van der Waals surface area (Å²) in [5, 5.41) is 0. The van der Waals surface area contributed by atoms with E-state index < -0.39 is 5.41 Å². The molecule has 12 heterocycles. The lowest BCUT2D eigenvalue weighted by Crippen LogP contribution is -2.34. The molecular weight excluding hydrogens is 1560 g/mol. The molecule has 4 unspecified atom stereocenters. The minimum absolute atomic E-state index is 0.0314. The van der Waals surface area contributed by atoms with Crippen molar-refractivity contribution in [1.29, 1.82) is 0 Å². The first-order valence-electron chi connectivity index (χ1n) is 45.8. The molecule has 2 aromatic carbocycles. The van der Waals surface area contributed by atoms with Gasteiger partial charge in [0.25, 0.3) is 11.8 Å². The monoisotopic (exact) mass is 1690 g/mol. The van der Waals surface area contributed by atoms with Crippen LogP contribution in [0.5, 0.6) is 0 Å². The number of aryl methyl sites for hydroxylation is 4. The van der Waals surface area contributed by atoms with Crippen LogP contribution in [-0.4, -0.2) is 43.8 Å². The number of aromatic nitrogens is 2. The summed E-state index contributed by atoms with van der Waals surface area (Å²) in [7, 11) is 0. The molecule has 0 N–H and O–H groups in total. The third-order valence-corrected chi connectivity index (χ3v) is 36.1. The largest absolute Gasteiger partial charge is 0.337 e. The van der Waals surface area contributed by atoms with Crippen molar-refractivity contribution in [1.82, 2.24) is 18.9 Å². The fourth-order valence-corrected chi connectivity index (χ4v) is 30.1. The average molecular weight is 1690 g/mol. The number of carbonyl (C=O) groups excluding carboxylic acids is 2. The molecule has 614 valence electrons. The number of thiophene rings is 8. The van der Waals surface area contributed by atoms with Crippen molar-refractivity contribution in [2.45, 2.75) is 320 Å². The van der Waals surface area contributed by atoms with Crippen LogP contribution in [0.3, 0.4) is 0 Å². The van der Waals surface area contributed by atoms with E-state index in [-0.39, 0.29) is 11.8 Å². The lowest BCUT2D eigenvalue weighted by molar-refractivity contribution is -0.124. The van der Waals surface area contributed by atoms with Gasteiger partial charge in [0.1, 0.15) is 0 Å². The number of benzene rings is 2. The Bertz CT molecular complexity index is 5260. The third kappa shape index (κ3) is 16.8. The van der Waals surface area contributed by atoms with Gasteiger partial charge in [-0.2, -0.15) is 0 Å². The molecule has 4 atom stereocenters. The second-order valence-electron chi connectivity index (χ2n) is 34.8. The van der Waals surface area contributed by atoms with Crippen molar-refractivity contribution in [3.05, 3.63) is 149 Å². The van der Waals surface area contributed by atoms with Crippen molar-refractivity contribution in [2.75, 3.05) is 13.1 Å². The van der Waals surface area contributed by atoms with Gasteiger partial charge in [0.15, 0.2) is 0 Å². The summed E-state index contributed by atoms with van der Waals surface area (Å²) in [6.45, 7) is 31.4. The minimum atomic E-state index is -0.609. The topological polar surface area (TPSA) is 50.5 Å². The third-order valence-electron chi connectivity index (χ3n) is 26.4. The summed E-state index contributed by atoms with van der Waals surface area (Å²) in [4.78, 5) is 47.3. The van der Waals surface area contributed by atoms with Crippen molar-refractivity contribution >= 4 is 174 Å². The van der Waals surface area contributed by atoms with Crippen molar-refractivity contribution in [3.8, 4) is 19.5 Å². The van der Waals surface area contributed by atoms with E-state index >= 15 is 9.59 Å². The molecule has 0 radical (unpaired) electrons. The fourth-order valence-electron chi connectivity index (χ4n) is 19.9. The molecule has 12 aromatic rings. The van der Waals surface area contributed by atoms with Gasteiger partial charge in [0.2, 0.25) is 0 Å². The zero-order valence-electron chi connectivity index (χ0n) is 71.6. The molecule has 2 amide bonds. The highest BCUT2D eigenvalue weighted by Crippen LogP contribution is 2.67. The number of unbranched alkanes of at least 4 members (excludes halogenated alkanes) is 16. The van der Waals surface area contributed by atoms with Crippen LogP contribution in [0.1, 0.15) is 328 Å². The molecule has 0 saturated heterocycles. The molecule has 3 aliphatic rings. The predicted octanol–water partition coefficient (Wildman–Crippen LogP) is 33.4. The quantitative estimate of drug-likeness (QED) is 0.0357. The molecule has 1 aliphatic carbocycles. The lowest BCUT2D eigenvalue weighted by atomic mass is 9.67. The molecule has 0 spiro atoms. The van der Waals surface area contributed by atoms with Crippen LogP contribution < -0.4 is 0 Å². The van der Waals surface area contributed by atoms with E-state index in [9.17, 15) is 0 Å². The molecule has 6 nitrogen and oxygen atoms in total. The Kier molecular flexibility index (Phi) is 28.3. The molecule has 0 fully saturated rings. The number of fused-ring (bicyclic) bond motifs is 14. The standard InChI is InChI=1S/C101H130N4O2S8/c1-13-23-31-35-43-69-47-51-73(52-48-69)101(74-53-49-70(50-54-74)44-36-32-24-14-2)75-57-78(113-93(75)95-87(101)90-96(114-95)98-92(103(90)62-68(22-10)40-28-18-6)91-97(115-98)94-76(55-65(11)109-94)102(91)61-67(21-9)39-27-17-5)80-58-81-82(110-80)60-84(112-81)89-86-85(99(106)105(89)64-72(42-30-20-8)46-38-34-26-16-4)88(83-59-79-77(111-83)56-66(12)108-79)104(100(86)107)63-71(41-29-19-7)45-37-33-25-15-3/h47-60,67-68,71-72H,13-46,61-64H2,1-12H3. The van der Waals surface area contributed by atoms with Gasteiger partial charge in [-0.1, -0.05) is 272 Å². The summed E-state index contributed by atoms with van der Waals surface area (Å²) >= 11 is 15.6. The van der Waals surface area contributed by atoms with E-state index in [2.05, 4.69) is 210 Å². The maximum atomic E-state index is 16.4. The zero-order valence-corrected chi connectivity index (χ0v) is 78.2. The fraction of sp³-hybridized carbons (Fsp3) is 0.545. The number of amides is 2. The first-order valence-corrected chi connectivity index (χ1v) is 52.3. The van der Waals surface area contributed by atoms with Gasteiger partial charge >= 0.3 is 0 Å². The van der Waals surface area contributed by atoms with Gasteiger partial charge < -0.3 is 18.9 Å². The maximum Gasteiger partial charge on any atom is 0.261 e. The van der Waals surface area contributed by atoms with E-state index in [1.165, 1.54) is 270 Å². The first kappa shape index (κ1) is 84.6. The second-order valence-corrected chi connectivity index (χ2v) is 43.7. The second kappa shape index (κ2) is 38.5. The van der Waals surface area contributed by atoms with Crippen LogP contribution in [0.4, 0.5) is 0 Å². The molecule has 14 heteroatoms. The highest BCUT2D eigenvalue weighted by Gasteiger charge is 2.53. The van der Waals surface area contributed by atoms with E-state index in [0.717, 1.165) is 105 Å². The molecule has 10 aromatic heterocycles. The summed E-state index contributed by atoms with van der Waals surface area (Å²) in [6.07, 6.45) is 40.6. The van der Waals surface area contributed by atoms with Crippen LogP contribution in [0.25, 0.3) is 90.6 Å². The number of hydrogen-bond acceptors (Lipinski definition) is 10. The minimum Gasteiger partial charge on any atom is -0.337 e. The summed E-state index contributed by atoms with van der Waals surface area (Å²) < 4.78 is 16.7. The number of hydrogen-bond donors (Lipinski definition) is 0. The molecule has 115 heavy (non-hydrogen) atoms. The van der Waals surface area contributed by atoms with E-state index in [1.807, 2.05) is 56.7 Å². The van der Waals surface area contributed by atoms with Crippen LogP contribution in [-0.2, 0) is 40.9 Å². The summed E-state index contributed by atoms with van der Waals surface area (Å²) in [5.74, 6) is 1.92. The van der Waals surface area contributed by atoms with Crippen LogP contribution in [0, 0.1) is 37.5 Å². The van der Waals surface area contributed by atoms with Crippen molar-refractivity contribution in [3.63, 3.8) is 0 Å². The van der Waals surface area contributed by atoms with Gasteiger partial charge in [-0.25, -0.2) is 0 Å². The van der Waals surface area contributed by atoms with Gasteiger partial charge in [-0.3, -0.25) is 9.59 Å². The lowest BCUT2D eigenvalue weighted by Gasteiger charge is -2.34. The van der Waals surface area contributed by atoms with Gasteiger partial charge in [0.05, 0.1) is 88.3 Å². The Morgan fingerprint density at radius 2 is 0.748 bits per heavy atom. The van der Waals surface area contributed by atoms with Crippen LogP contribution in [0.2, 0.25) is 0 Å². The van der Waals surface area contributed by atoms with E-state index in [1.54, 1.807) is 11.3 Å². The molecular formula is C101H130N4O2S8. The van der Waals surface area contributed by atoms with E-state index in [4.69, 9.17) is 0 Å². The van der Waals surface area contributed by atoms with Crippen molar-refractivity contribution < 1.29 is 9.59 Å². The first-order chi connectivity index (χ1) is 56.2. The summed E-state index contributed by atoms with van der Waals surface area (Å²) in [6, 6.07) is 35.1. The Morgan fingerprint density at radius 1 is 0.339 bits per heavy atom. The maximum absolute atomic E-state index is 16.4. The average Bonchev–Trinajstić information content (AvgIpc) is 1.49. The van der Waals surface area contributed by atoms with Gasteiger partial charge in [-0.05, 0) is 166 Å². The summed E-state index contributed by atoms with van der Waals surface area (Å²) in [5.41, 5.74) is 16.9. The predicted molar refractivity (Wildman–Crippen MR) is 512 cm³/mol. The molecule has 0 saturated carbocycles. The zero-order chi connectivity index (χ0) is 80.0. The highest BCUT2D eigenvalue weighted by molar-refractivity contribution is 7.36. The molecule has 0 bridgehead atoms. The Morgan fingerprint density at radius 3 is 1.24 bits per heavy atom. The number of carbonyl (C=O) groups is 2. The van der Waals surface area contributed by atoms with E-state index in [0.29, 0.717) is 47.9 Å². The van der Waals surface area contributed by atoms with Gasteiger partial charge in [-0.15, -0.1) is 90.7 Å². The SMILES string of the molecule is CCCCCCc1ccc(C2(c3ccc(CCCCCC)cc3)c3cc(-c4cc5sc(C6=C7C(=O)N(CC(CCCC)CCCCCC)C(c8cc9sc(C)cc9s8)=C7C(=O)N6CC(CCCC)CCCCCC)cc5s4)sc3-c3sc4c5sc6c7sc(C)cc7n(CC(CC)CCCC)c6c5n(CC(CC)CCCC)c4c32)cc1. The van der Waals surface area contributed by atoms with Crippen LogP contribution >= 0.6 is 90.7 Å². The smallest absolute Gasteiger partial charge is 0.261 e. The van der Waals surface area contributed by atoms with Crippen LogP contribution in [0.15, 0.2) is 96.1 Å². The highest BCUT2D eigenvalue weighted by atomic mass is 32.1. The Labute approximate surface area is 720 Å². The Balaban J connectivity index is 0.925. The van der Waals surface area contributed by atoms with Gasteiger partial charge in [0, 0.05) is 70.1 Å².